The second-order valence-corrected chi connectivity index (χ2v) is 7.14. The lowest BCUT2D eigenvalue weighted by atomic mass is 10.2. The third-order valence-corrected chi connectivity index (χ3v) is 5.03. The van der Waals surface area contributed by atoms with Crippen LogP contribution in [0.15, 0.2) is 53.7 Å². The number of amides is 1. The minimum absolute atomic E-state index is 0.0307. The van der Waals surface area contributed by atoms with E-state index >= 15 is 0 Å². The molecule has 2 aromatic carbocycles. The molecule has 0 aliphatic heterocycles. The van der Waals surface area contributed by atoms with Crippen LogP contribution in [0, 0.1) is 17.0 Å². The number of aryl methyl sites for hydroxylation is 1. The minimum atomic E-state index is -0.490. The highest BCUT2D eigenvalue weighted by atomic mass is 32.2. The van der Waals surface area contributed by atoms with Gasteiger partial charge in [0.1, 0.15) is 12.4 Å². The van der Waals surface area contributed by atoms with Gasteiger partial charge in [0.25, 0.3) is 5.69 Å². The number of anilines is 1. The maximum absolute atomic E-state index is 12.1. The summed E-state index contributed by atoms with van der Waals surface area (Å²) < 4.78 is 7.49. The molecule has 0 spiro atoms. The van der Waals surface area contributed by atoms with Crippen LogP contribution in [-0.2, 0) is 18.4 Å². The van der Waals surface area contributed by atoms with Crippen molar-refractivity contribution < 1.29 is 14.5 Å². The maximum atomic E-state index is 12.1. The number of nitrogens with zero attached hydrogens (tertiary/aromatic N) is 4. The van der Waals surface area contributed by atoms with Gasteiger partial charge >= 0.3 is 0 Å². The minimum Gasteiger partial charge on any atom is -0.486 e. The van der Waals surface area contributed by atoms with Gasteiger partial charge in [0.15, 0.2) is 11.0 Å². The van der Waals surface area contributed by atoms with Crippen molar-refractivity contribution in [2.45, 2.75) is 18.7 Å². The predicted molar refractivity (Wildman–Crippen MR) is 109 cm³/mol. The van der Waals surface area contributed by atoms with Crippen LogP contribution in [0.4, 0.5) is 11.4 Å². The zero-order chi connectivity index (χ0) is 20.8. The van der Waals surface area contributed by atoms with Crippen LogP contribution in [0.1, 0.15) is 11.4 Å². The smallest absolute Gasteiger partial charge is 0.269 e. The number of carbonyl (C=O) groups is 1. The first-order chi connectivity index (χ1) is 13.9. The number of hydrogen-bond acceptors (Lipinski definition) is 7. The Labute approximate surface area is 171 Å². The van der Waals surface area contributed by atoms with Gasteiger partial charge in [0, 0.05) is 24.9 Å². The number of carbonyl (C=O) groups excluding carboxylic acids is 1. The average molecular weight is 413 g/mol. The fourth-order valence-corrected chi connectivity index (χ4v) is 3.10. The Balaban J connectivity index is 1.50. The number of rotatable bonds is 8. The van der Waals surface area contributed by atoms with Crippen LogP contribution in [-0.4, -0.2) is 31.3 Å². The number of nitro benzene ring substituents is 1. The number of thioether (sulfide) groups is 1. The first kappa shape index (κ1) is 20.3. The van der Waals surface area contributed by atoms with E-state index in [9.17, 15) is 14.9 Å². The zero-order valence-electron chi connectivity index (χ0n) is 15.9. The van der Waals surface area contributed by atoms with E-state index in [2.05, 4.69) is 15.5 Å². The molecule has 1 heterocycles. The molecule has 0 fully saturated rings. The fourth-order valence-electron chi connectivity index (χ4n) is 2.37. The second-order valence-electron chi connectivity index (χ2n) is 6.20. The van der Waals surface area contributed by atoms with E-state index in [1.807, 2.05) is 38.2 Å². The van der Waals surface area contributed by atoms with Crippen molar-refractivity contribution >= 4 is 29.0 Å². The van der Waals surface area contributed by atoms with Crippen molar-refractivity contribution in [3.63, 3.8) is 0 Å². The molecule has 0 bridgehead atoms. The average Bonchev–Trinajstić information content (AvgIpc) is 3.06. The normalized spacial score (nSPS) is 10.6. The summed E-state index contributed by atoms with van der Waals surface area (Å²) in [4.78, 5) is 22.3. The second kappa shape index (κ2) is 9.20. The third-order valence-electron chi connectivity index (χ3n) is 4.01. The molecule has 9 nitrogen and oxygen atoms in total. The number of non-ortho nitro benzene ring substituents is 1. The molecular weight excluding hydrogens is 394 g/mol. The highest BCUT2D eigenvalue weighted by molar-refractivity contribution is 7.99. The van der Waals surface area contributed by atoms with Gasteiger partial charge in [-0.2, -0.15) is 0 Å². The van der Waals surface area contributed by atoms with Crippen LogP contribution in [0.2, 0.25) is 0 Å². The lowest BCUT2D eigenvalue weighted by Gasteiger charge is -2.07. The molecule has 0 aliphatic rings. The van der Waals surface area contributed by atoms with Crippen LogP contribution >= 0.6 is 11.8 Å². The molecule has 0 saturated carbocycles. The summed E-state index contributed by atoms with van der Waals surface area (Å²) in [7, 11) is 1.81. The van der Waals surface area contributed by atoms with Gasteiger partial charge < -0.3 is 14.6 Å². The Hall–Kier alpha value is -3.40. The molecule has 29 heavy (non-hydrogen) atoms. The SMILES string of the molecule is Cc1ccc(OCc2nnc(SCC(=O)Nc3ccc([N+](=O)[O-])cc3)n2C)cc1. The summed E-state index contributed by atoms with van der Waals surface area (Å²) in [5.41, 5.74) is 1.62. The van der Waals surface area contributed by atoms with Gasteiger partial charge in [-0.25, -0.2) is 0 Å². The zero-order valence-corrected chi connectivity index (χ0v) is 16.7. The predicted octanol–water partition coefficient (Wildman–Crippen LogP) is 3.34. The number of benzene rings is 2. The van der Waals surface area contributed by atoms with E-state index in [1.165, 1.54) is 36.0 Å². The number of hydrogen-bond donors (Lipinski definition) is 1. The van der Waals surface area contributed by atoms with Crippen molar-refractivity contribution in [3.05, 3.63) is 70.0 Å². The van der Waals surface area contributed by atoms with Crippen LogP contribution in [0.3, 0.4) is 0 Å². The first-order valence-electron chi connectivity index (χ1n) is 8.67. The quantitative estimate of drug-likeness (QED) is 0.342. The molecule has 0 aliphatic carbocycles. The number of nitro groups is 1. The maximum Gasteiger partial charge on any atom is 0.269 e. The van der Waals surface area contributed by atoms with E-state index in [-0.39, 0.29) is 24.0 Å². The summed E-state index contributed by atoms with van der Waals surface area (Å²) in [6.45, 7) is 2.27. The van der Waals surface area contributed by atoms with E-state index in [0.29, 0.717) is 16.7 Å². The number of aromatic nitrogens is 3. The van der Waals surface area contributed by atoms with Crippen molar-refractivity contribution in [1.29, 1.82) is 0 Å². The summed E-state index contributed by atoms with van der Waals surface area (Å²) in [6.07, 6.45) is 0. The van der Waals surface area contributed by atoms with Crippen molar-refractivity contribution in [2.24, 2.45) is 7.05 Å². The van der Waals surface area contributed by atoms with Crippen molar-refractivity contribution in [2.75, 3.05) is 11.1 Å². The lowest BCUT2D eigenvalue weighted by molar-refractivity contribution is -0.384. The number of ether oxygens (including phenoxy) is 1. The molecule has 0 unspecified atom stereocenters. The van der Waals surface area contributed by atoms with Gasteiger partial charge in [-0.1, -0.05) is 29.5 Å². The van der Waals surface area contributed by atoms with E-state index in [0.717, 1.165) is 11.3 Å². The summed E-state index contributed by atoms with van der Waals surface area (Å²) in [6, 6.07) is 13.4. The summed E-state index contributed by atoms with van der Waals surface area (Å²) in [5.74, 6) is 1.27. The molecule has 0 radical (unpaired) electrons. The molecule has 1 amide bonds. The topological polar surface area (TPSA) is 112 Å². The molecular formula is C19H19N5O4S. The van der Waals surface area contributed by atoms with Crippen LogP contribution < -0.4 is 10.1 Å². The molecule has 1 N–H and O–H groups in total. The first-order valence-corrected chi connectivity index (χ1v) is 9.66. The van der Waals surface area contributed by atoms with Crippen molar-refractivity contribution in [1.82, 2.24) is 14.8 Å². The molecule has 0 saturated heterocycles. The van der Waals surface area contributed by atoms with E-state index in [4.69, 9.17) is 4.74 Å². The van der Waals surface area contributed by atoms with Crippen LogP contribution in [0.5, 0.6) is 5.75 Å². The molecule has 3 aromatic rings. The Morgan fingerprint density at radius 1 is 1.17 bits per heavy atom. The van der Waals surface area contributed by atoms with E-state index < -0.39 is 4.92 Å². The molecule has 150 valence electrons. The Kier molecular flexibility index (Phi) is 6.45. The summed E-state index contributed by atoms with van der Waals surface area (Å²) >= 11 is 1.24. The number of nitrogens with one attached hydrogen (secondary N) is 1. The van der Waals surface area contributed by atoms with E-state index in [1.54, 1.807) is 4.57 Å². The molecule has 10 heteroatoms. The Morgan fingerprint density at radius 2 is 1.86 bits per heavy atom. The van der Waals surface area contributed by atoms with Gasteiger partial charge in [-0.05, 0) is 31.2 Å². The molecule has 1 aromatic heterocycles. The lowest BCUT2D eigenvalue weighted by Crippen LogP contribution is -2.14. The Morgan fingerprint density at radius 3 is 2.52 bits per heavy atom. The fraction of sp³-hybridized carbons (Fsp3) is 0.211. The van der Waals surface area contributed by atoms with Gasteiger partial charge in [-0.3, -0.25) is 14.9 Å². The highest BCUT2D eigenvalue weighted by Gasteiger charge is 2.13. The Bertz CT molecular complexity index is 1000. The van der Waals surface area contributed by atoms with Gasteiger partial charge in [0.2, 0.25) is 5.91 Å². The summed E-state index contributed by atoms with van der Waals surface area (Å²) in [5, 5.41) is 22.1. The van der Waals surface area contributed by atoms with Crippen LogP contribution in [0.25, 0.3) is 0 Å². The van der Waals surface area contributed by atoms with Crippen molar-refractivity contribution in [3.8, 4) is 5.75 Å². The highest BCUT2D eigenvalue weighted by Crippen LogP contribution is 2.19. The molecule has 0 atom stereocenters. The largest absolute Gasteiger partial charge is 0.486 e. The monoisotopic (exact) mass is 413 g/mol. The standard InChI is InChI=1S/C19H19N5O4S/c1-13-3-9-16(10-4-13)28-11-17-21-22-19(23(17)2)29-12-18(25)20-14-5-7-15(8-6-14)24(26)27/h3-10H,11-12H2,1-2H3,(H,20,25). The van der Waals surface area contributed by atoms with Gasteiger partial charge in [-0.15, -0.1) is 10.2 Å². The molecule has 3 rings (SSSR count). The third kappa shape index (κ3) is 5.55. The van der Waals surface area contributed by atoms with Gasteiger partial charge in [0.05, 0.1) is 10.7 Å².